The van der Waals surface area contributed by atoms with Gasteiger partial charge in [0.1, 0.15) is 10.8 Å². The first kappa shape index (κ1) is 14.8. The van der Waals surface area contributed by atoms with E-state index in [0.29, 0.717) is 11.3 Å². The third-order valence-electron chi connectivity index (χ3n) is 2.43. The van der Waals surface area contributed by atoms with Gasteiger partial charge in [-0.15, -0.1) is 0 Å². The minimum atomic E-state index is -0.469. The maximum Gasteiger partial charge on any atom is 0.272 e. The molecule has 104 valence electrons. The van der Waals surface area contributed by atoms with Gasteiger partial charge >= 0.3 is 0 Å². The lowest BCUT2D eigenvalue weighted by atomic mass is 10.2. The van der Waals surface area contributed by atoms with Gasteiger partial charge in [-0.25, -0.2) is 0 Å². The molecular formula is C12H7Cl3N2O3. The lowest BCUT2D eigenvalue weighted by Crippen LogP contribution is -1.94. The summed E-state index contributed by atoms with van der Waals surface area (Å²) in [4.78, 5) is 14.2. The lowest BCUT2D eigenvalue weighted by Gasteiger charge is -2.08. The summed E-state index contributed by atoms with van der Waals surface area (Å²) in [5, 5.41) is 11.2. The van der Waals surface area contributed by atoms with Crippen LogP contribution in [0.2, 0.25) is 15.2 Å². The van der Waals surface area contributed by atoms with E-state index in [1.54, 1.807) is 6.92 Å². The minimum absolute atomic E-state index is 0.00513. The van der Waals surface area contributed by atoms with Crippen molar-refractivity contribution in [3.05, 3.63) is 55.1 Å². The standard InChI is InChI=1S/C12H7Cl3N2O3/c1-6-4-7(2-3-10(6)17(18)19)20-12-9(14)5-8(13)11(15)16-12/h2-5H,1H3. The molecular weight excluding hydrogens is 327 g/mol. The van der Waals surface area contributed by atoms with Crippen LogP contribution in [0.15, 0.2) is 24.3 Å². The number of aromatic nitrogens is 1. The SMILES string of the molecule is Cc1cc(Oc2nc(Cl)c(Cl)cc2Cl)ccc1[N+](=O)[O-]. The minimum Gasteiger partial charge on any atom is -0.437 e. The molecule has 0 bridgehead atoms. The Morgan fingerprint density at radius 3 is 2.50 bits per heavy atom. The smallest absolute Gasteiger partial charge is 0.272 e. The molecule has 0 saturated carbocycles. The molecule has 2 aromatic rings. The van der Waals surface area contributed by atoms with E-state index in [1.165, 1.54) is 24.3 Å². The molecule has 1 heterocycles. The molecule has 1 aromatic heterocycles. The van der Waals surface area contributed by atoms with Crippen LogP contribution in [-0.4, -0.2) is 9.91 Å². The molecule has 0 N–H and O–H groups in total. The number of hydrogen-bond donors (Lipinski definition) is 0. The summed E-state index contributed by atoms with van der Waals surface area (Å²) in [5.74, 6) is 0.440. The highest BCUT2D eigenvalue weighted by molar-refractivity contribution is 6.42. The Labute approximate surface area is 129 Å². The highest BCUT2D eigenvalue weighted by Gasteiger charge is 2.13. The third kappa shape index (κ3) is 3.12. The molecule has 0 aliphatic heterocycles. The first-order valence-corrected chi connectivity index (χ1v) is 6.46. The number of aryl methyl sites for hydroxylation is 1. The molecule has 0 saturated heterocycles. The topological polar surface area (TPSA) is 65.3 Å². The molecule has 2 rings (SSSR count). The fraction of sp³-hybridized carbons (Fsp3) is 0.0833. The average Bonchev–Trinajstić information content (AvgIpc) is 2.35. The Morgan fingerprint density at radius 2 is 1.90 bits per heavy atom. The molecule has 0 aliphatic rings. The number of nitrogens with zero attached hydrogens (tertiary/aromatic N) is 2. The molecule has 5 nitrogen and oxygen atoms in total. The van der Waals surface area contributed by atoms with Crippen LogP contribution in [0.4, 0.5) is 5.69 Å². The van der Waals surface area contributed by atoms with E-state index in [0.717, 1.165) is 0 Å². The molecule has 1 aromatic carbocycles. The van der Waals surface area contributed by atoms with Crippen LogP contribution in [0, 0.1) is 17.0 Å². The number of rotatable bonds is 3. The van der Waals surface area contributed by atoms with Crippen LogP contribution in [0.3, 0.4) is 0 Å². The molecule has 0 spiro atoms. The summed E-state index contributed by atoms with van der Waals surface area (Å²) in [5.41, 5.74) is 0.467. The van der Waals surface area contributed by atoms with Gasteiger partial charge in [0.25, 0.3) is 5.69 Å². The van der Waals surface area contributed by atoms with Crippen molar-refractivity contribution in [2.24, 2.45) is 0 Å². The first-order valence-electron chi connectivity index (χ1n) is 5.33. The Kier molecular flexibility index (Phi) is 4.32. The van der Waals surface area contributed by atoms with Crippen molar-refractivity contribution < 1.29 is 9.66 Å². The fourth-order valence-electron chi connectivity index (χ4n) is 1.51. The maximum atomic E-state index is 10.7. The molecule has 0 amide bonds. The zero-order valence-electron chi connectivity index (χ0n) is 10.1. The predicted octanol–water partition coefficient (Wildman–Crippen LogP) is 5.05. The van der Waals surface area contributed by atoms with Crippen molar-refractivity contribution in [3.8, 4) is 11.6 Å². The summed E-state index contributed by atoms with van der Waals surface area (Å²) in [6.45, 7) is 1.61. The summed E-state index contributed by atoms with van der Waals surface area (Å²) in [7, 11) is 0. The van der Waals surface area contributed by atoms with Crippen LogP contribution < -0.4 is 4.74 Å². The van der Waals surface area contributed by atoms with E-state index in [2.05, 4.69) is 4.98 Å². The molecule has 20 heavy (non-hydrogen) atoms. The number of nitro groups is 1. The molecule has 0 unspecified atom stereocenters. The monoisotopic (exact) mass is 332 g/mol. The van der Waals surface area contributed by atoms with Gasteiger partial charge in [0.2, 0.25) is 5.88 Å². The maximum absolute atomic E-state index is 10.7. The Bertz CT molecular complexity index is 692. The number of ether oxygens (including phenoxy) is 1. The summed E-state index contributed by atoms with van der Waals surface area (Å²) in [6, 6.07) is 5.71. The molecule has 0 radical (unpaired) electrons. The molecule has 0 fully saturated rings. The van der Waals surface area contributed by atoms with Crippen molar-refractivity contribution in [2.75, 3.05) is 0 Å². The normalized spacial score (nSPS) is 10.4. The van der Waals surface area contributed by atoms with Crippen molar-refractivity contribution in [2.45, 2.75) is 6.92 Å². The van der Waals surface area contributed by atoms with Crippen LogP contribution in [0.1, 0.15) is 5.56 Å². The zero-order valence-corrected chi connectivity index (χ0v) is 12.3. The van der Waals surface area contributed by atoms with Crippen LogP contribution >= 0.6 is 34.8 Å². The van der Waals surface area contributed by atoms with Gasteiger partial charge in [-0.05, 0) is 25.1 Å². The lowest BCUT2D eigenvalue weighted by molar-refractivity contribution is -0.385. The Balaban J connectivity index is 2.33. The zero-order chi connectivity index (χ0) is 14.9. The fourth-order valence-corrected chi connectivity index (χ4v) is 2.04. The van der Waals surface area contributed by atoms with Gasteiger partial charge in [-0.2, -0.15) is 4.98 Å². The molecule has 0 atom stereocenters. The second kappa shape index (κ2) is 5.83. The van der Waals surface area contributed by atoms with Gasteiger partial charge in [0.05, 0.1) is 9.95 Å². The van der Waals surface area contributed by atoms with Crippen molar-refractivity contribution >= 4 is 40.5 Å². The second-order valence-corrected chi connectivity index (χ2v) is 5.03. The van der Waals surface area contributed by atoms with Crippen molar-refractivity contribution in [1.29, 1.82) is 0 Å². The van der Waals surface area contributed by atoms with Gasteiger partial charge < -0.3 is 4.74 Å². The van der Waals surface area contributed by atoms with Gasteiger partial charge in [0.15, 0.2) is 5.15 Å². The highest BCUT2D eigenvalue weighted by atomic mass is 35.5. The van der Waals surface area contributed by atoms with E-state index in [4.69, 9.17) is 39.5 Å². The Hall–Kier alpha value is -1.56. The van der Waals surface area contributed by atoms with E-state index >= 15 is 0 Å². The largest absolute Gasteiger partial charge is 0.437 e. The summed E-state index contributed by atoms with van der Waals surface area (Å²) in [6.07, 6.45) is 0. The van der Waals surface area contributed by atoms with Crippen LogP contribution in [-0.2, 0) is 0 Å². The van der Waals surface area contributed by atoms with Crippen molar-refractivity contribution in [3.63, 3.8) is 0 Å². The van der Waals surface area contributed by atoms with Gasteiger partial charge in [-0.3, -0.25) is 10.1 Å². The van der Waals surface area contributed by atoms with E-state index in [-0.39, 0.29) is 26.8 Å². The highest BCUT2D eigenvalue weighted by Crippen LogP contribution is 2.34. The average molecular weight is 334 g/mol. The quantitative estimate of drug-likeness (QED) is 0.448. The predicted molar refractivity (Wildman–Crippen MR) is 77.2 cm³/mol. The van der Waals surface area contributed by atoms with E-state index in [9.17, 15) is 10.1 Å². The number of nitro benzene ring substituents is 1. The number of pyridine rings is 1. The van der Waals surface area contributed by atoms with Crippen LogP contribution in [0.25, 0.3) is 0 Å². The van der Waals surface area contributed by atoms with Crippen molar-refractivity contribution in [1.82, 2.24) is 4.98 Å². The molecule has 0 aliphatic carbocycles. The first-order chi connectivity index (χ1) is 9.38. The van der Waals surface area contributed by atoms with Gasteiger partial charge in [-0.1, -0.05) is 34.8 Å². The number of hydrogen-bond acceptors (Lipinski definition) is 4. The van der Waals surface area contributed by atoms with Crippen LogP contribution in [0.5, 0.6) is 11.6 Å². The van der Waals surface area contributed by atoms with Gasteiger partial charge in [0, 0.05) is 11.6 Å². The second-order valence-electron chi connectivity index (χ2n) is 3.86. The number of benzene rings is 1. The van der Waals surface area contributed by atoms with E-state index < -0.39 is 4.92 Å². The summed E-state index contributed by atoms with van der Waals surface area (Å²) < 4.78 is 5.45. The third-order valence-corrected chi connectivity index (χ3v) is 3.38. The van der Waals surface area contributed by atoms with E-state index in [1.807, 2.05) is 0 Å². The Morgan fingerprint density at radius 1 is 1.20 bits per heavy atom. The number of halogens is 3. The molecule has 8 heteroatoms. The summed E-state index contributed by atoms with van der Waals surface area (Å²) >= 11 is 17.5.